The molecule has 0 aromatic heterocycles. The normalized spacial score (nSPS) is 14.7. The highest BCUT2D eigenvalue weighted by Crippen LogP contribution is 2.32. The molecule has 0 bridgehead atoms. The van der Waals surface area contributed by atoms with Crippen molar-refractivity contribution in [2.75, 3.05) is 25.1 Å². The van der Waals surface area contributed by atoms with Crippen molar-refractivity contribution in [2.24, 2.45) is 5.92 Å². The van der Waals surface area contributed by atoms with Crippen molar-refractivity contribution in [3.05, 3.63) is 18.2 Å². The smallest absolute Gasteiger partial charge is 0.319 e. The monoisotopic (exact) mass is 320 g/mol. The van der Waals surface area contributed by atoms with Crippen LogP contribution in [0.1, 0.15) is 46.0 Å². The lowest BCUT2D eigenvalue weighted by Gasteiger charge is -2.16. The lowest BCUT2D eigenvalue weighted by atomic mass is 9.99. The van der Waals surface area contributed by atoms with E-state index in [1.54, 1.807) is 0 Å². The van der Waals surface area contributed by atoms with Crippen molar-refractivity contribution < 1.29 is 14.3 Å². The van der Waals surface area contributed by atoms with Gasteiger partial charge in [0.2, 0.25) is 0 Å². The second-order valence-corrected chi connectivity index (χ2v) is 5.96. The maximum absolute atomic E-state index is 12.0. The van der Waals surface area contributed by atoms with Crippen LogP contribution in [0.4, 0.5) is 10.5 Å². The Bertz CT molecular complexity index is 505. The summed E-state index contributed by atoms with van der Waals surface area (Å²) in [6, 6.07) is 5.32. The molecule has 2 amide bonds. The summed E-state index contributed by atoms with van der Waals surface area (Å²) in [4.78, 5) is 12.0. The second kappa shape index (κ2) is 9.28. The number of fused-ring (bicyclic) bond motifs is 1. The number of amides is 2. The molecule has 0 fully saturated rings. The molecule has 5 nitrogen and oxygen atoms in total. The summed E-state index contributed by atoms with van der Waals surface area (Å²) >= 11 is 0. The van der Waals surface area contributed by atoms with Crippen LogP contribution in [0.2, 0.25) is 0 Å². The van der Waals surface area contributed by atoms with Crippen molar-refractivity contribution in [1.29, 1.82) is 0 Å². The maximum atomic E-state index is 12.0. The average molecular weight is 320 g/mol. The molecule has 5 heteroatoms. The number of nitrogens with one attached hydrogen (secondary N) is 2. The van der Waals surface area contributed by atoms with Crippen molar-refractivity contribution >= 4 is 11.7 Å². The highest BCUT2D eigenvalue weighted by molar-refractivity contribution is 5.89. The van der Waals surface area contributed by atoms with Crippen LogP contribution in [-0.4, -0.2) is 25.8 Å². The summed E-state index contributed by atoms with van der Waals surface area (Å²) in [5.41, 5.74) is 0.716. The van der Waals surface area contributed by atoms with Gasteiger partial charge in [0.15, 0.2) is 11.5 Å². The SMILES string of the molecule is CCCCC(CC)CNC(=O)Nc1ccc2c(c1)OCCCO2. The molecule has 0 spiro atoms. The lowest BCUT2D eigenvalue weighted by molar-refractivity contribution is 0.249. The van der Waals surface area contributed by atoms with Gasteiger partial charge in [0.25, 0.3) is 0 Å². The van der Waals surface area contributed by atoms with E-state index in [4.69, 9.17) is 9.47 Å². The van der Waals surface area contributed by atoms with Crippen LogP contribution in [0.3, 0.4) is 0 Å². The third-order valence-corrected chi connectivity index (χ3v) is 4.10. The minimum atomic E-state index is -0.172. The maximum Gasteiger partial charge on any atom is 0.319 e. The van der Waals surface area contributed by atoms with Gasteiger partial charge in [-0.2, -0.15) is 0 Å². The van der Waals surface area contributed by atoms with Gasteiger partial charge in [-0.05, 0) is 24.5 Å². The number of urea groups is 1. The number of unbranched alkanes of at least 4 members (excludes halogenated alkanes) is 1. The first kappa shape index (κ1) is 17.4. The molecule has 1 aliphatic heterocycles. The Morgan fingerprint density at radius 2 is 2.00 bits per heavy atom. The van der Waals surface area contributed by atoms with E-state index in [-0.39, 0.29) is 6.03 Å². The molecule has 23 heavy (non-hydrogen) atoms. The lowest BCUT2D eigenvalue weighted by Crippen LogP contribution is -2.33. The average Bonchev–Trinajstić information content (AvgIpc) is 2.80. The Morgan fingerprint density at radius 1 is 1.22 bits per heavy atom. The Hall–Kier alpha value is -1.91. The van der Waals surface area contributed by atoms with Crippen molar-refractivity contribution in [3.63, 3.8) is 0 Å². The van der Waals surface area contributed by atoms with E-state index in [0.29, 0.717) is 37.1 Å². The van der Waals surface area contributed by atoms with Crippen LogP contribution < -0.4 is 20.1 Å². The molecule has 1 heterocycles. The van der Waals surface area contributed by atoms with E-state index < -0.39 is 0 Å². The molecule has 2 N–H and O–H groups in total. The molecule has 1 aromatic carbocycles. The van der Waals surface area contributed by atoms with Gasteiger partial charge in [-0.15, -0.1) is 0 Å². The number of rotatable bonds is 7. The highest BCUT2D eigenvalue weighted by atomic mass is 16.5. The third-order valence-electron chi connectivity index (χ3n) is 4.10. The molecule has 0 saturated carbocycles. The van der Waals surface area contributed by atoms with Crippen LogP contribution in [0.5, 0.6) is 11.5 Å². The quantitative estimate of drug-likeness (QED) is 0.792. The molecule has 0 saturated heterocycles. The van der Waals surface area contributed by atoms with Crippen LogP contribution in [0.15, 0.2) is 18.2 Å². The first-order chi connectivity index (χ1) is 11.2. The van der Waals surface area contributed by atoms with Crippen molar-refractivity contribution in [2.45, 2.75) is 46.0 Å². The van der Waals surface area contributed by atoms with Gasteiger partial charge >= 0.3 is 6.03 Å². The first-order valence-corrected chi connectivity index (χ1v) is 8.67. The summed E-state index contributed by atoms with van der Waals surface area (Å²) in [6.45, 7) is 6.38. The van der Waals surface area contributed by atoms with E-state index in [1.165, 1.54) is 12.8 Å². The van der Waals surface area contributed by atoms with Crippen LogP contribution in [0, 0.1) is 5.92 Å². The zero-order chi connectivity index (χ0) is 16.5. The van der Waals surface area contributed by atoms with Gasteiger partial charge in [-0.25, -0.2) is 4.79 Å². The van der Waals surface area contributed by atoms with E-state index in [1.807, 2.05) is 18.2 Å². The summed E-state index contributed by atoms with van der Waals surface area (Å²) in [6.07, 6.45) is 5.53. The number of ether oxygens (including phenoxy) is 2. The molecule has 1 atom stereocenters. The molecule has 2 rings (SSSR count). The topological polar surface area (TPSA) is 59.6 Å². The standard InChI is InChI=1S/C18H28N2O3/c1-3-5-7-14(4-2)13-19-18(21)20-15-8-9-16-17(12-15)23-11-6-10-22-16/h8-9,12,14H,3-7,10-11,13H2,1-2H3,(H2,19,20,21). The second-order valence-electron chi connectivity index (χ2n) is 5.96. The Balaban J connectivity index is 1.84. The van der Waals surface area contributed by atoms with E-state index in [0.717, 1.165) is 25.0 Å². The number of carbonyl (C=O) groups is 1. The third kappa shape index (κ3) is 5.66. The van der Waals surface area contributed by atoms with Gasteiger partial charge in [0, 0.05) is 24.7 Å². The molecule has 1 unspecified atom stereocenters. The summed E-state index contributed by atoms with van der Waals surface area (Å²) in [5.74, 6) is 1.97. The minimum absolute atomic E-state index is 0.172. The van der Waals surface area contributed by atoms with Gasteiger partial charge in [-0.3, -0.25) is 0 Å². The van der Waals surface area contributed by atoms with Gasteiger partial charge in [0.1, 0.15) is 0 Å². The molecular weight excluding hydrogens is 292 g/mol. The fourth-order valence-electron chi connectivity index (χ4n) is 2.60. The zero-order valence-electron chi connectivity index (χ0n) is 14.2. The van der Waals surface area contributed by atoms with Gasteiger partial charge in [-0.1, -0.05) is 33.1 Å². The fourth-order valence-corrected chi connectivity index (χ4v) is 2.60. The van der Waals surface area contributed by atoms with Crippen LogP contribution in [0.25, 0.3) is 0 Å². The predicted molar refractivity (Wildman–Crippen MR) is 92.4 cm³/mol. The molecular formula is C18H28N2O3. The van der Waals surface area contributed by atoms with Gasteiger partial charge < -0.3 is 20.1 Å². The minimum Gasteiger partial charge on any atom is -0.490 e. The van der Waals surface area contributed by atoms with E-state index >= 15 is 0 Å². The molecule has 0 aliphatic carbocycles. The number of hydrogen-bond donors (Lipinski definition) is 2. The van der Waals surface area contributed by atoms with Crippen molar-refractivity contribution in [3.8, 4) is 11.5 Å². The van der Waals surface area contributed by atoms with Crippen LogP contribution >= 0.6 is 0 Å². The number of carbonyl (C=O) groups excluding carboxylic acids is 1. The number of anilines is 1. The number of benzene rings is 1. The van der Waals surface area contributed by atoms with Crippen molar-refractivity contribution in [1.82, 2.24) is 5.32 Å². The summed E-state index contributed by atoms with van der Waals surface area (Å²) in [7, 11) is 0. The Kier molecular flexibility index (Phi) is 7.04. The molecule has 0 radical (unpaired) electrons. The van der Waals surface area contributed by atoms with Gasteiger partial charge in [0.05, 0.1) is 13.2 Å². The van der Waals surface area contributed by atoms with E-state index in [2.05, 4.69) is 24.5 Å². The Labute approximate surface area is 138 Å². The highest BCUT2D eigenvalue weighted by Gasteiger charge is 2.12. The fraction of sp³-hybridized carbons (Fsp3) is 0.611. The predicted octanol–water partition coefficient (Wildman–Crippen LogP) is 4.19. The zero-order valence-corrected chi connectivity index (χ0v) is 14.2. The van der Waals surface area contributed by atoms with Crippen LogP contribution in [-0.2, 0) is 0 Å². The largest absolute Gasteiger partial charge is 0.490 e. The Morgan fingerprint density at radius 3 is 2.74 bits per heavy atom. The summed E-state index contributed by atoms with van der Waals surface area (Å²) < 4.78 is 11.2. The summed E-state index contributed by atoms with van der Waals surface area (Å²) in [5, 5.41) is 5.82. The molecule has 1 aromatic rings. The molecule has 1 aliphatic rings. The molecule has 128 valence electrons. The first-order valence-electron chi connectivity index (χ1n) is 8.67. The number of hydrogen-bond acceptors (Lipinski definition) is 3. The van der Waals surface area contributed by atoms with E-state index in [9.17, 15) is 4.79 Å².